The smallest absolute Gasteiger partial charge is 0.315 e. The van der Waals surface area contributed by atoms with Crippen LogP contribution in [0.2, 0.25) is 0 Å². The minimum absolute atomic E-state index is 0.121. The molecular weight excluding hydrogens is 308 g/mol. The monoisotopic (exact) mass is 336 g/mol. The SMILES string of the molecule is COc1ccc(OC[C@@H](O)CNC(=O)NC2CCCCCC2)cc1. The molecule has 0 saturated heterocycles. The predicted octanol–water partition coefficient (Wildman–Crippen LogP) is 2.46. The lowest BCUT2D eigenvalue weighted by Gasteiger charge is -2.18. The van der Waals surface area contributed by atoms with Crippen LogP contribution in [0.3, 0.4) is 0 Å². The summed E-state index contributed by atoms with van der Waals surface area (Å²) in [6, 6.07) is 7.17. The number of benzene rings is 1. The third-order valence-corrected chi connectivity index (χ3v) is 4.19. The molecule has 24 heavy (non-hydrogen) atoms. The number of hydrogen-bond acceptors (Lipinski definition) is 4. The van der Waals surface area contributed by atoms with E-state index in [9.17, 15) is 9.90 Å². The van der Waals surface area contributed by atoms with Gasteiger partial charge in [0.25, 0.3) is 0 Å². The first-order chi connectivity index (χ1) is 11.7. The van der Waals surface area contributed by atoms with Gasteiger partial charge in [-0.25, -0.2) is 4.79 Å². The molecule has 1 fully saturated rings. The van der Waals surface area contributed by atoms with Crippen LogP contribution in [-0.4, -0.2) is 43.5 Å². The van der Waals surface area contributed by atoms with Crippen molar-refractivity contribution in [1.82, 2.24) is 10.6 Å². The molecule has 2 rings (SSSR count). The third-order valence-electron chi connectivity index (χ3n) is 4.19. The fraction of sp³-hybridized carbons (Fsp3) is 0.611. The number of hydrogen-bond donors (Lipinski definition) is 3. The lowest BCUT2D eigenvalue weighted by atomic mass is 10.1. The van der Waals surface area contributed by atoms with E-state index in [1.54, 1.807) is 31.4 Å². The van der Waals surface area contributed by atoms with Crippen LogP contribution < -0.4 is 20.1 Å². The Bertz CT molecular complexity index is 484. The molecule has 0 radical (unpaired) electrons. The van der Waals surface area contributed by atoms with Gasteiger partial charge in [-0.15, -0.1) is 0 Å². The maximum absolute atomic E-state index is 11.9. The minimum Gasteiger partial charge on any atom is -0.497 e. The van der Waals surface area contributed by atoms with Crippen LogP contribution in [-0.2, 0) is 0 Å². The van der Waals surface area contributed by atoms with Gasteiger partial charge in [0.05, 0.1) is 7.11 Å². The van der Waals surface area contributed by atoms with Crippen molar-refractivity contribution in [3.63, 3.8) is 0 Å². The van der Waals surface area contributed by atoms with Crippen LogP contribution in [0.1, 0.15) is 38.5 Å². The van der Waals surface area contributed by atoms with Crippen molar-refractivity contribution >= 4 is 6.03 Å². The van der Waals surface area contributed by atoms with Crippen molar-refractivity contribution < 1.29 is 19.4 Å². The van der Waals surface area contributed by atoms with Gasteiger partial charge in [-0.3, -0.25) is 0 Å². The van der Waals surface area contributed by atoms with Crippen LogP contribution in [0.25, 0.3) is 0 Å². The van der Waals surface area contributed by atoms with E-state index in [1.165, 1.54) is 25.7 Å². The first kappa shape index (κ1) is 18.4. The molecule has 1 saturated carbocycles. The van der Waals surface area contributed by atoms with Gasteiger partial charge >= 0.3 is 6.03 Å². The number of urea groups is 1. The highest BCUT2D eigenvalue weighted by Gasteiger charge is 2.15. The van der Waals surface area contributed by atoms with Gasteiger partial charge in [-0.1, -0.05) is 25.7 Å². The van der Waals surface area contributed by atoms with Gasteiger partial charge in [0, 0.05) is 12.6 Å². The highest BCUT2D eigenvalue weighted by molar-refractivity contribution is 5.74. The Morgan fingerprint density at radius 1 is 1.17 bits per heavy atom. The molecule has 0 unspecified atom stereocenters. The highest BCUT2D eigenvalue weighted by Crippen LogP contribution is 2.17. The Kier molecular flexibility index (Phi) is 7.68. The van der Waals surface area contributed by atoms with Crippen LogP contribution in [0, 0.1) is 0 Å². The summed E-state index contributed by atoms with van der Waals surface area (Å²) in [5.41, 5.74) is 0. The fourth-order valence-electron chi connectivity index (χ4n) is 2.79. The molecule has 0 bridgehead atoms. The van der Waals surface area contributed by atoms with Crippen molar-refractivity contribution in [2.75, 3.05) is 20.3 Å². The summed E-state index contributed by atoms with van der Waals surface area (Å²) in [6.07, 6.45) is 6.16. The van der Waals surface area contributed by atoms with Gasteiger partial charge in [0.15, 0.2) is 0 Å². The minimum atomic E-state index is -0.757. The average Bonchev–Trinajstić information content (AvgIpc) is 2.87. The topological polar surface area (TPSA) is 79.8 Å². The quantitative estimate of drug-likeness (QED) is 0.668. The fourth-order valence-corrected chi connectivity index (χ4v) is 2.79. The lowest BCUT2D eigenvalue weighted by Crippen LogP contribution is -2.45. The van der Waals surface area contributed by atoms with E-state index in [4.69, 9.17) is 9.47 Å². The second-order valence-corrected chi connectivity index (χ2v) is 6.18. The van der Waals surface area contributed by atoms with E-state index < -0.39 is 6.10 Å². The number of methoxy groups -OCH3 is 1. The maximum Gasteiger partial charge on any atom is 0.315 e. The van der Waals surface area contributed by atoms with Crippen molar-refractivity contribution in [3.8, 4) is 11.5 Å². The normalized spacial score (nSPS) is 16.8. The number of carbonyl (C=O) groups is 1. The van der Waals surface area contributed by atoms with Crippen LogP contribution in [0.5, 0.6) is 11.5 Å². The Hall–Kier alpha value is -1.95. The number of ether oxygens (including phenoxy) is 2. The second-order valence-electron chi connectivity index (χ2n) is 6.18. The number of aliphatic hydroxyl groups is 1. The van der Waals surface area contributed by atoms with Gasteiger partial charge in [-0.05, 0) is 37.1 Å². The number of aliphatic hydroxyl groups excluding tert-OH is 1. The summed E-state index contributed by atoms with van der Waals surface area (Å²) >= 11 is 0. The summed E-state index contributed by atoms with van der Waals surface area (Å²) in [4.78, 5) is 11.9. The zero-order valence-corrected chi connectivity index (χ0v) is 14.3. The third kappa shape index (κ3) is 6.66. The van der Waals surface area contributed by atoms with Crippen LogP contribution in [0.15, 0.2) is 24.3 Å². The molecule has 1 aromatic carbocycles. The molecule has 0 aromatic heterocycles. The van der Waals surface area contributed by atoms with E-state index in [-0.39, 0.29) is 25.2 Å². The Morgan fingerprint density at radius 2 is 1.79 bits per heavy atom. The largest absolute Gasteiger partial charge is 0.497 e. The summed E-state index contributed by atoms with van der Waals surface area (Å²) in [5.74, 6) is 1.40. The molecule has 1 aromatic rings. The Labute approximate surface area is 143 Å². The van der Waals surface area contributed by atoms with Crippen molar-refractivity contribution in [1.29, 1.82) is 0 Å². The van der Waals surface area contributed by atoms with E-state index in [0.717, 1.165) is 18.6 Å². The molecule has 0 heterocycles. The molecule has 1 aliphatic rings. The number of rotatable bonds is 7. The van der Waals surface area contributed by atoms with Crippen molar-refractivity contribution in [3.05, 3.63) is 24.3 Å². The van der Waals surface area contributed by atoms with Crippen LogP contribution >= 0.6 is 0 Å². The van der Waals surface area contributed by atoms with Gasteiger partial charge in [-0.2, -0.15) is 0 Å². The average molecular weight is 336 g/mol. The van der Waals surface area contributed by atoms with Gasteiger partial charge in [0.2, 0.25) is 0 Å². The molecular formula is C18H28N2O4. The molecule has 2 amide bonds. The summed E-state index contributed by atoms with van der Waals surface area (Å²) in [7, 11) is 1.60. The first-order valence-corrected chi connectivity index (χ1v) is 8.66. The van der Waals surface area contributed by atoms with Crippen molar-refractivity contribution in [2.24, 2.45) is 0 Å². The van der Waals surface area contributed by atoms with Gasteiger partial charge in [0.1, 0.15) is 24.2 Å². The maximum atomic E-state index is 11.9. The zero-order valence-electron chi connectivity index (χ0n) is 14.3. The summed E-state index contributed by atoms with van der Waals surface area (Å²) in [5, 5.41) is 15.6. The van der Waals surface area contributed by atoms with E-state index in [0.29, 0.717) is 5.75 Å². The Morgan fingerprint density at radius 3 is 2.42 bits per heavy atom. The first-order valence-electron chi connectivity index (χ1n) is 8.66. The second kappa shape index (κ2) is 10.0. The lowest BCUT2D eigenvalue weighted by molar-refractivity contribution is 0.107. The predicted molar refractivity (Wildman–Crippen MR) is 92.5 cm³/mol. The molecule has 134 valence electrons. The summed E-state index contributed by atoms with van der Waals surface area (Å²) < 4.78 is 10.6. The molecule has 6 heteroatoms. The van der Waals surface area contributed by atoms with Gasteiger partial charge < -0.3 is 25.2 Å². The molecule has 0 spiro atoms. The van der Waals surface area contributed by atoms with E-state index >= 15 is 0 Å². The van der Waals surface area contributed by atoms with Crippen LogP contribution in [0.4, 0.5) is 4.79 Å². The number of amides is 2. The van der Waals surface area contributed by atoms with E-state index in [2.05, 4.69) is 10.6 Å². The number of nitrogens with one attached hydrogen (secondary N) is 2. The number of carbonyl (C=O) groups excluding carboxylic acids is 1. The zero-order chi connectivity index (χ0) is 17.2. The molecule has 6 nitrogen and oxygen atoms in total. The highest BCUT2D eigenvalue weighted by atomic mass is 16.5. The Balaban J connectivity index is 1.62. The molecule has 0 aliphatic heterocycles. The molecule has 3 N–H and O–H groups in total. The summed E-state index contributed by atoms with van der Waals surface area (Å²) in [6.45, 7) is 0.282. The standard InChI is InChI=1S/C18H28N2O4/c1-23-16-8-10-17(11-9-16)24-13-15(21)12-19-18(22)20-14-6-4-2-3-5-7-14/h8-11,14-15,21H,2-7,12-13H2,1H3,(H2,19,20,22)/t15-/m0/s1. The molecule has 1 atom stereocenters. The van der Waals surface area contributed by atoms with Crippen molar-refractivity contribution in [2.45, 2.75) is 50.7 Å². The molecule has 1 aliphatic carbocycles. The van der Waals surface area contributed by atoms with E-state index in [1.807, 2.05) is 0 Å².